The summed E-state index contributed by atoms with van der Waals surface area (Å²) in [6.07, 6.45) is -12.9. The van der Waals surface area contributed by atoms with E-state index in [1.165, 1.54) is 36.4 Å². The molecule has 2 amide bonds. The molecule has 4 aliphatic carbocycles. The van der Waals surface area contributed by atoms with E-state index in [2.05, 4.69) is 38.3 Å². The van der Waals surface area contributed by atoms with Gasteiger partial charge in [0.1, 0.15) is 66.8 Å². The molecule has 0 radical (unpaired) electrons. The number of hydrogen-bond donors (Lipinski definition) is 7. The van der Waals surface area contributed by atoms with Crippen molar-refractivity contribution in [1.29, 1.82) is 0 Å². The number of nitrogens with one attached hydrogen (secondary N) is 2. The van der Waals surface area contributed by atoms with Gasteiger partial charge in [0.2, 0.25) is 0 Å². The molecular formula is C53H70F2N2O16. The number of ether oxygens (including phenoxy) is 8. The van der Waals surface area contributed by atoms with Crippen molar-refractivity contribution in [3.63, 3.8) is 0 Å². The number of para-hydroxylation sites is 2. The van der Waals surface area contributed by atoms with Gasteiger partial charge in [0, 0.05) is 30.1 Å². The summed E-state index contributed by atoms with van der Waals surface area (Å²) >= 11 is 0. The van der Waals surface area contributed by atoms with Crippen LogP contribution in [-0.4, -0.2) is 143 Å². The largest absolute Gasteiger partial charge is 0.446 e. The highest BCUT2D eigenvalue weighted by molar-refractivity contribution is 5.87. The van der Waals surface area contributed by atoms with Gasteiger partial charge >= 0.3 is 12.2 Å². The lowest BCUT2D eigenvalue weighted by molar-refractivity contribution is -0.363. The number of amides is 2. The Labute approximate surface area is 422 Å². The third-order valence-corrected chi connectivity index (χ3v) is 18.7. The average molecular weight is 1030 g/mol. The third kappa shape index (κ3) is 9.48. The molecule has 7 N–H and O–H groups in total. The molecule has 1 unspecified atom stereocenters. The molecule has 4 saturated heterocycles. The number of anilines is 2. The molecule has 4 saturated carbocycles. The number of aliphatic hydroxyl groups excluding tert-OH is 5. The van der Waals surface area contributed by atoms with Crippen molar-refractivity contribution in [2.24, 2.45) is 52.3 Å². The highest BCUT2D eigenvalue weighted by atomic mass is 19.1. The Morgan fingerprint density at radius 1 is 0.767 bits per heavy atom. The van der Waals surface area contributed by atoms with Crippen LogP contribution in [0.2, 0.25) is 0 Å². The quantitative estimate of drug-likeness (QED) is 0.147. The highest BCUT2D eigenvalue weighted by Crippen LogP contribution is 2.70. The summed E-state index contributed by atoms with van der Waals surface area (Å²) < 4.78 is 77.0. The molecule has 8 aliphatic rings. The molecule has 1 spiro atoms. The van der Waals surface area contributed by atoms with Crippen LogP contribution < -0.4 is 10.6 Å². The number of ketones is 1. The van der Waals surface area contributed by atoms with Crippen molar-refractivity contribution in [1.82, 2.24) is 0 Å². The zero-order chi connectivity index (χ0) is 51.7. The summed E-state index contributed by atoms with van der Waals surface area (Å²) in [7, 11) is 0. The molecule has 2 aromatic carbocycles. The van der Waals surface area contributed by atoms with Gasteiger partial charge in [-0.1, -0.05) is 52.0 Å². The lowest BCUT2D eigenvalue weighted by atomic mass is 9.44. The minimum atomic E-state index is -2.04. The first kappa shape index (κ1) is 52.5. The van der Waals surface area contributed by atoms with Crippen LogP contribution in [0.3, 0.4) is 0 Å². The molecule has 402 valence electrons. The summed E-state index contributed by atoms with van der Waals surface area (Å²) in [6.45, 7) is 8.11. The SMILES string of the molecule is CC1CC[C@@]2(OC1)O[C@H]1C[C@H]3[C@@H]4CC[C@H]5C[C@@H](O[C@@H]6O[C@@H](CO)[C@@H](O[C@@H]7O[C@@H](COC(=O)Nc8ccccc8F)[C@@H](OC(=O)Nc8ccccc8F)[C@H](O)[C@@H]7O)[C@H](O)[C@@H]6O)CC[C@]5(C)[C@H]4CC(=O)[C@]3(C)[C@H]1[C@@H]2C. The van der Waals surface area contributed by atoms with Crippen molar-refractivity contribution < 1.29 is 86.6 Å². The molecule has 0 bridgehead atoms. The van der Waals surface area contributed by atoms with E-state index in [0.29, 0.717) is 43.5 Å². The second-order valence-electron chi connectivity index (χ2n) is 22.6. The first-order valence-corrected chi connectivity index (χ1v) is 26.1. The van der Waals surface area contributed by atoms with Crippen molar-refractivity contribution in [3.05, 3.63) is 60.2 Å². The maximum Gasteiger partial charge on any atom is 0.412 e. The molecule has 2 aromatic rings. The van der Waals surface area contributed by atoms with Crippen LogP contribution in [0.1, 0.15) is 85.5 Å². The zero-order valence-corrected chi connectivity index (χ0v) is 41.6. The lowest BCUT2D eigenvalue weighted by Gasteiger charge is -2.60. The molecule has 8 fully saturated rings. The van der Waals surface area contributed by atoms with E-state index >= 15 is 0 Å². The molecule has 22 atom stereocenters. The van der Waals surface area contributed by atoms with Gasteiger partial charge in [0.15, 0.2) is 24.5 Å². The van der Waals surface area contributed by atoms with Gasteiger partial charge < -0.3 is 63.4 Å². The van der Waals surface area contributed by atoms with Crippen molar-refractivity contribution >= 4 is 29.3 Å². The standard InChI is InChI=1S/C53H70F2N2O16/c1-25-15-18-53(67-23-25)26(2)40-36(73-53)20-31-29-14-13-27-19-28(16-17-51(27,3)30(29)21-39(59)52(31,40)4)68-47-43(62)41(60)45(37(22-58)69-47)71-48-44(63)42(61)46(72-50(65)57-35-12-8-6-10-33(35)55)38(70-48)24-66-49(64)56-34-11-7-5-9-32(34)54/h5-12,25-31,36-38,40-48,58,60-63H,13-24H2,1-4H3,(H,56,64)(H,57,65)/t25?,26-,27-,28-,29+,30-,31-,36-,37-,38-,40-,41+,42+,43-,44-,45+,46+,47+,48-,51-,52+,53+/m0/s1. The van der Waals surface area contributed by atoms with Gasteiger partial charge in [-0.15, -0.1) is 0 Å². The Bertz CT molecular complexity index is 2340. The van der Waals surface area contributed by atoms with E-state index in [4.69, 9.17) is 37.9 Å². The van der Waals surface area contributed by atoms with Crippen LogP contribution in [0, 0.1) is 63.9 Å². The number of aliphatic hydroxyl groups is 5. The van der Waals surface area contributed by atoms with E-state index < -0.39 is 110 Å². The molecule has 73 heavy (non-hydrogen) atoms. The summed E-state index contributed by atoms with van der Waals surface area (Å²) in [5.41, 5.74) is -1.08. The Hall–Kier alpha value is -3.93. The molecule has 4 heterocycles. The van der Waals surface area contributed by atoms with Crippen LogP contribution in [0.4, 0.5) is 29.7 Å². The van der Waals surface area contributed by atoms with Crippen LogP contribution >= 0.6 is 0 Å². The molecule has 0 aromatic heterocycles. The number of hydrogen-bond acceptors (Lipinski definition) is 16. The predicted octanol–water partition coefficient (Wildman–Crippen LogP) is 5.41. The predicted molar refractivity (Wildman–Crippen MR) is 252 cm³/mol. The first-order chi connectivity index (χ1) is 34.8. The molecule has 18 nitrogen and oxygen atoms in total. The normalized spacial score (nSPS) is 45.1. The Morgan fingerprint density at radius 3 is 2.07 bits per heavy atom. The van der Waals surface area contributed by atoms with E-state index in [1.54, 1.807) is 0 Å². The molecule has 4 aliphatic heterocycles. The summed E-state index contributed by atoms with van der Waals surface area (Å²) in [5, 5.41) is 60.8. The van der Waals surface area contributed by atoms with E-state index in [-0.39, 0.29) is 58.6 Å². The molecule has 20 heteroatoms. The number of benzene rings is 2. The van der Waals surface area contributed by atoms with Crippen molar-refractivity contribution in [2.75, 3.05) is 30.5 Å². The van der Waals surface area contributed by atoms with Gasteiger partial charge in [-0.2, -0.15) is 0 Å². The first-order valence-electron chi connectivity index (χ1n) is 26.1. The number of carbonyl (C=O) groups excluding carboxylic acids is 3. The number of halogens is 2. The maximum atomic E-state index is 14.7. The van der Waals surface area contributed by atoms with Gasteiger partial charge in [0.25, 0.3) is 0 Å². The minimum Gasteiger partial charge on any atom is -0.446 e. The van der Waals surface area contributed by atoms with Crippen LogP contribution in [-0.2, 0) is 42.7 Å². The molecule has 10 rings (SSSR count). The number of rotatable bonds is 10. The van der Waals surface area contributed by atoms with E-state index in [0.717, 1.165) is 50.7 Å². The van der Waals surface area contributed by atoms with E-state index in [9.17, 15) is 48.7 Å². The van der Waals surface area contributed by atoms with Crippen LogP contribution in [0.5, 0.6) is 0 Å². The van der Waals surface area contributed by atoms with Crippen LogP contribution in [0.15, 0.2) is 48.5 Å². The van der Waals surface area contributed by atoms with Crippen LogP contribution in [0.25, 0.3) is 0 Å². The van der Waals surface area contributed by atoms with Gasteiger partial charge in [-0.3, -0.25) is 15.4 Å². The average Bonchev–Trinajstić information content (AvgIpc) is 3.82. The van der Waals surface area contributed by atoms with Gasteiger partial charge in [-0.05, 0) is 104 Å². The molecular weight excluding hydrogens is 959 g/mol. The van der Waals surface area contributed by atoms with Gasteiger partial charge in [0.05, 0.1) is 36.8 Å². The zero-order valence-electron chi connectivity index (χ0n) is 41.6. The number of fused-ring (bicyclic) bond motifs is 7. The van der Waals surface area contributed by atoms with Gasteiger partial charge in [-0.25, -0.2) is 18.4 Å². The summed E-state index contributed by atoms with van der Waals surface area (Å²) in [5.74, 6) is -0.0493. The smallest absolute Gasteiger partial charge is 0.412 e. The fraction of sp³-hybridized carbons (Fsp3) is 0.717. The number of Topliss-reactive ketones (excluding diaryl/α,β-unsaturated/α-hetero) is 1. The third-order valence-electron chi connectivity index (χ3n) is 18.7. The summed E-state index contributed by atoms with van der Waals surface area (Å²) in [4.78, 5) is 40.4. The Morgan fingerprint density at radius 2 is 1.41 bits per heavy atom. The summed E-state index contributed by atoms with van der Waals surface area (Å²) in [6, 6.07) is 10.4. The Kier molecular flexibility index (Phi) is 14.8. The van der Waals surface area contributed by atoms with Crippen molar-refractivity contribution in [3.8, 4) is 0 Å². The fourth-order valence-corrected chi connectivity index (χ4v) is 14.7. The minimum absolute atomic E-state index is 0.000483. The highest BCUT2D eigenvalue weighted by Gasteiger charge is 2.72. The van der Waals surface area contributed by atoms with E-state index in [1.807, 2.05) is 0 Å². The second-order valence-corrected chi connectivity index (χ2v) is 22.6. The van der Waals surface area contributed by atoms with Crippen molar-refractivity contribution in [2.45, 2.75) is 165 Å². The maximum absolute atomic E-state index is 14.7. The Balaban J connectivity index is 0.774. The fourth-order valence-electron chi connectivity index (χ4n) is 14.7. The lowest BCUT2D eigenvalue weighted by Crippen LogP contribution is -2.65. The topological polar surface area (TPSA) is 250 Å². The second kappa shape index (κ2) is 20.5. The number of carbonyl (C=O) groups is 3. The monoisotopic (exact) mass is 1030 g/mol.